The average molecular weight is 361 g/mol. The van der Waals surface area contributed by atoms with Crippen LogP contribution >= 0.6 is 11.8 Å². The monoisotopic (exact) mass is 361 g/mol. The summed E-state index contributed by atoms with van der Waals surface area (Å²) >= 11 is 1.01. The molecule has 3 aromatic rings. The maximum Gasteiger partial charge on any atom is 0.283 e. The third-order valence-corrected chi connectivity index (χ3v) is 4.04. The minimum absolute atomic E-state index is 0.00911. The van der Waals surface area contributed by atoms with E-state index >= 15 is 0 Å². The highest BCUT2D eigenvalue weighted by molar-refractivity contribution is 7.99. The molecule has 128 valence electrons. The molecule has 0 N–H and O–H groups in total. The van der Waals surface area contributed by atoms with E-state index in [-0.39, 0.29) is 29.2 Å². The number of benzene rings is 2. The van der Waals surface area contributed by atoms with Gasteiger partial charge >= 0.3 is 0 Å². The van der Waals surface area contributed by atoms with Crippen LogP contribution in [0.5, 0.6) is 5.75 Å². The number of aryl methyl sites for hydroxylation is 1. The van der Waals surface area contributed by atoms with Gasteiger partial charge in [-0.2, -0.15) is 0 Å². The molecule has 0 radical (unpaired) electrons. The van der Waals surface area contributed by atoms with Crippen LogP contribution in [-0.4, -0.2) is 15.1 Å². The predicted octanol–water partition coefficient (Wildman–Crippen LogP) is 4.16. The Hall–Kier alpha value is -2.94. The molecule has 0 amide bonds. The fraction of sp³-hybridized carbons (Fsp3) is 0.125. The zero-order chi connectivity index (χ0) is 17.8. The second kappa shape index (κ2) is 7.31. The zero-order valence-corrected chi connectivity index (χ0v) is 13.8. The van der Waals surface area contributed by atoms with E-state index in [9.17, 15) is 14.5 Å². The second-order valence-corrected chi connectivity index (χ2v) is 6.03. The van der Waals surface area contributed by atoms with Crippen LogP contribution in [0, 0.1) is 22.9 Å². The van der Waals surface area contributed by atoms with E-state index in [1.165, 1.54) is 30.3 Å². The van der Waals surface area contributed by atoms with Crippen LogP contribution in [-0.2, 0) is 6.61 Å². The number of nitro groups is 1. The lowest BCUT2D eigenvalue weighted by Gasteiger charge is -2.02. The van der Waals surface area contributed by atoms with Gasteiger partial charge in [0.05, 0.1) is 9.82 Å². The van der Waals surface area contributed by atoms with Crippen molar-refractivity contribution >= 4 is 17.4 Å². The first-order valence-electron chi connectivity index (χ1n) is 7.15. The Kier molecular flexibility index (Phi) is 4.94. The standard InChI is InChI=1S/C16H12FN3O4S/c1-10-2-7-14(13(8-10)20(21)22)25-16-19-18-15(24-16)9-23-12-5-3-11(17)4-6-12/h2-8H,9H2,1H3. The molecule has 0 aliphatic rings. The Balaban J connectivity index is 1.68. The van der Waals surface area contributed by atoms with Crippen LogP contribution in [0.3, 0.4) is 0 Å². The average Bonchev–Trinajstić information content (AvgIpc) is 3.03. The van der Waals surface area contributed by atoms with Crippen molar-refractivity contribution in [2.45, 2.75) is 23.6 Å². The van der Waals surface area contributed by atoms with E-state index < -0.39 is 4.92 Å². The SMILES string of the molecule is Cc1ccc(Sc2nnc(COc3ccc(F)cc3)o2)c([N+](=O)[O-])c1. The number of aromatic nitrogens is 2. The molecule has 0 unspecified atom stereocenters. The van der Waals surface area contributed by atoms with Crippen LogP contribution in [0.25, 0.3) is 0 Å². The summed E-state index contributed by atoms with van der Waals surface area (Å²) in [7, 11) is 0. The molecule has 1 aromatic heterocycles. The fourth-order valence-electron chi connectivity index (χ4n) is 1.96. The molecule has 0 saturated heterocycles. The lowest BCUT2D eigenvalue weighted by Crippen LogP contribution is -1.95. The van der Waals surface area contributed by atoms with Gasteiger partial charge in [0.25, 0.3) is 16.8 Å². The van der Waals surface area contributed by atoms with Gasteiger partial charge in [0.2, 0.25) is 0 Å². The number of nitro benzene ring substituents is 1. The lowest BCUT2D eigenvalue weighted by atomic mass is 10.2. The van der Waals surface area contributed by atoms with Crippen molar-refractivity contribution in [3.05, 3.63) is 69.9 Å². The topological polar surface area (TPSA) is 91.3 Å². The van der Waals surface area contributed by atoms with Crippen molar-refractivity contribution in [3.63, 3.8) is 0 Å². The molecular formula is C16H12FN3O4S. The number of ether oxygens (including phenoxy) is 1. The van der Waals surface area contributed by atoms with E-state index in [0.717, 1.165) is 17.3 Å². The molecule has 0 bridgehead atoms. The van der Waals surface area contributed by atoms with Gasteiger partial charge in [-0.15, -0.1) is 10.2 Å². The van der Waals surface area contributed by atoms with Gasteiger partial charge in [-0.25, -0.2) is 4.39 Å². The maximum absolute atomic E-state index is 12.8. The van der Waals surface area contributed by atoms with Gasteiger partial charge < -0.3 is 9.15 Å². The normalized spacial score (nSPS) is 10.6. The number of halogens is 1. The largest absolute Gasteiger partial charge is 0.484 e. The van der Waals surface area contributed by atoms with Crippen molar-refractivity contribution in [1.82, 2.24) is 10.2 Å². The molecule has 2 aromatic carbocycles. The third-order valence-electron chi connectivity index (χ3n) is 3.13. The number of nitrogens with zero attached hydrogens (tertiary/aromatic N) is 3. The van der Waals surface area contributed by atoms with E-state index in [1.54, 1.807) is 19.1 Å². The van der Waals surface area contributed by atoms with Gasteiger partial charge in [-0.3, -0.25) is 10.1 Å². The zero-order valence-electron chi connectivity index (χ0n) is 13.0. The maximum atomic E-state index is 12.8. The van der Waals surface area contributed by atoms with Crippen LogP contribution in [0.4, 0.5) is 10.1 Å². The molecule has 0 saturated carbocycles. The Labute approximate surface area is 146 Å². The summed E-state index contributed by atoms with van der Waals surface area (Å²) in [5, 5.41) is 19.0. The summed E-state index contributed by atoms with van der Waals surface area (Å²) in [4.78, 5) is 11.1. The minimum Gasteiger partial charge on any atom is -0.484 e. The number of rotatable bonds is 6. The number of hydrogen-bond acceptors (Lipinski definition) is 7. The summed E-state index contributed by atoms with van der Waals surface area (Å²) in [6.07, 6.45) is 0. The van der Waals surface area contributed by atoms with Crippen molar-refractivity contribution < 1.29 is 18.5 Å². The summed E-state index contributed by atoms with van der Waals surface area (Å²) in [6, 6.07) is 10.4. The van der Waals surface area contributed by atoms with Gasteiger partial charge in [0, 0.05) is 6.07 Å². The highest BCUT2D eigenvalue weighted by Crippen LogP contribution is 2.34. The third kappa shape index (κ3) is 4.32. The minimum atomic E-state index is -0.454. The molecule has 9 heteroatoms. The Bertz CT molecular complexity index is 899. The molecule has 0 atom stereocenters. The lowest BCUT2D eigenvalue weighted by molar-refractivity contribution is -0.387. The van der Waals surface area contributed by atoms with E-state index in [0.29, 0.717) is 10.6 Å². The number of hydrogen-bond donors (Lipinski definition) is 0. The molecule has 7 nitrogen and oxygen atoms in total. The predicted molar refractivity (Wildman–Crippen MR) is 87.0 cm³/mol. The van der Waals surface area contributed by atoms with Crippen LogP contribution in [0.2, 0.25) is 0 Å². The highest BCUT2D eigenvalue weighted by Gasteiger charge is 2.18. The van der Waals surface area contributed by atoms with E-state index in [2.05, 4.69) is 10.2 Å². The Morgan fingerprint density at radius 1 is 1.24 bits per heavy atom. The molecule has 0 aliphatic carbocycles. The van der Waals surface area contributed by atoms with Crippen molar-refractivity contribution in [2.75, 3.05) is 0 Å². The van der Waals surface area contributed by atoms with Crippen LogP contribution in [0.15, 0.2) is 57.0 Å². The summed E-state index contributed by atoms with van der Waals surface area (Å²) in [5.41, 5.74) is 0.766. The van der Waals surface area contributed by atoms with Crippen LogP contribution in [0.1, 0.15) is 11.5 Å². The quantitative estimate of drug-likeness (QED) is 0.481. The molecule has 25 heavy (non-hydrogen) atoms. The van der Waals surface area contributed by atoms with Gasteiger partial charge in [0.15, 0.2) is 6.61 Å². The Morgan fingerprint density at radius 3 is 2.72 bits per heavy atom. The summed E-state index contributed by atoms with van der Waals surface area (Å²) in [6.45, 7) is 1.79. The molecule has 1 heterocycles. The van der Waals surface area contributed by atoms with Gasteiger partial charge in [-0.05, 0) is 54.6 Å². The van der Waals surface area contributed by atoms with Crippen molar-refractivity contribution in [3.8, 4) is 5.75 Å². The molecule has 0 aliphatic heterocycles. The van der Waals surface area contributed by atoms with Crippen molar-refractivity contribution in [2.24, 2.45) is 0 Å². The first-order chi connectivity index (χ1) is 12.0. The fourth-order valence-corrected chi connectivity index (χ4v) is 2.75. The molecule has 0 spiro atoms. The highest BCUT2D eigenvalue weighted by atomic mass is 32.2. The second-order valence-electron chi connectivity index (χ2n) is 5.03. The summed E-state index contributed by atoms with van der Waals surface area (Å²) in [5.74, 6) is 0.313. The smallest absolute Gasteiger partial charge is 0.283 e. The Morgan fingerprint density at radius 2 is 2.00 bits per heavy atom. The molecule has 0 fully saturated rings. The first-order valence-corrected chi connectivity index (χ1v) is 7.96. The van der Waals surface area contributed by atoms with Crippen LogP contribution < -0.4 is 4.74 Å². The van der Waals surface area contributed by atoms with E-state index in [4.69, 9.17) is 9.15 Å². The molecular weight excluding hydrogens is 349 g/mol. The first kappa shape index (κ1) is 16.9. The summed E-state index contributed by atoms with van der Waals surface area (Å²) < 4.78 is 23.7. The van der Waals surface area contributed by atoms with Gasteiger partial charge in [0.1, 0.15) is 11.6 Å². The van der Waals surface area contributed by atoms with Gasteiger partial charge in [-0.1, -0.05) is 6.07 Å². The van der Waals surface area contributed by atoms with E-state index in [1.807, 2.05) is 0 Å². The van der Waals surface area contributed by atoms with Crippen molar-refractivity contribution in [1.29, 1.82) is 0 Å². The molecule has 3 rings (SSSR count).